The van der Waals surface area contributed by atoms with Gasteiger partial charge in [-0.05, 0) is 42.9 Å². The van der Waals surface area contributed by atoms with Crippen molar-refractivity contribution in [2.24, 2.45) is 5.92 Å². The Bertz CT molecular complexity index is 431. The maximum Gasteiger partial charge on any atom is 0.0434 e. The van der Waals surface area contributed by atoms with Crippen LogP contribution in [0, 0.1) is 12.8 Å². The molecule has 1 aliphatic rings. The van der Waals surface area contributed by atoms with Crippen LogP contribution in [0.1, 0.15) is 37.8 Å². The lowest BCUT2D eigenvalue weighted by Gasteiger charge is -2.22. The summed E-state index contributed by atoms with van der Waals surface area (Å²) >= 11 is 0. The number of hydrogen-bond acceptors (Lipinski definition) is 3. The number of rotatable bonds is 6. The number of aliphatic hydroxyl groups excluding tert-OH is 1. The molecule has 0 aliphatic carbocycles. The van der Waals surface area contributed by atoms with Gasteiger partial charge in [0.05, 0.1) is 0 Å². The second-order valence-corrected chi connectivity index (χ2v) is 6.27. The molecule has 0 spiro atoms. The van der Waals surface area contributed by atoms with E-state index in [2.05, 4.69) is 49.2 Å². The molecule has 0 bridgehead atoms. The lowest BCUT2D eigenvalue weighted by molar-refractivity contribution is 0.263. The van der Waals surface area contributed by atoms with E-state index in [0.29, 0.717) is 18.6 Å². The van der Waals surface area contributed by atoms with E-state index in [1.54, 1.807) is 0 Å². The zero-order valence-corrected chi connectivity index (χ0v) is 13.0. The van der Waals surface area contributed by atoms with E-state index in [1.165, 1.54) is 23.2 Å². The Hall–Kier alpha value is -1.06. The van der Waals surface area contributed by atoms with E-state index in [0.717, 1.165) is 26.1 Å². The van der Waals surface area contributed by atoms with Gasteiger partial charge in [0, 0.05) is 38.0 Å². The Morgan fingerprint density at radius 3 is 2.85 bits per heavy atom. The van der Waals surface area contributed by atoms with Gasteiger partial charge in [-0.15, -0.1) is 0 Å². The average molecular weight is 276 g/mol. The van der Waals surface area contributed by atoms with Gasteiger partial charge in [0.1, 0.15) is 0 Å². The van der Waals surface area contributed by atoms with Crippen molar-refractivity contribution in [2.75, 3.05) is 24.6 Å². The van der Waals surface area contributed by atoms with Crippen LogP contribution in [-0.4, -0.2) is 30.8 Å². The standard InChI is InChI=1S/C17H28N2O/c1-13(2)18-11-16-4-5-17(14(3)10-16)19-8-6-15(12-19)7-9-20/h4-5,10,13,15,18,20H,6-9,11-12H2,1-3H3. The highest BCUT2D eigenvalue weighted by Crippen LogP contribution is 2.28. The first-order valence-electron chi connectivity index (χ1n) is 7.79. The van der Waals surface area contributed by atoms with E-state index in [9.17, 15) is 0 Å². The van der Waals surface area contributed by atoms with Gasteiger partial charge in [-0.3, -0.25) is 0 Å². The van der Waals surface area contributed by atoms with Crippen LogP contribution in [0.2, 0.25) is 0 Å². The Labute approximate surface area is 123 Å². The van der Waals surface area contributed by atoms with Crippen LogP contribution in [0.5, 0.6) is 0 Å². The fourth-order valence-electron chi connectivity index (χ4n) is 2.97. The molecular weight excluding hydrogens is 248 g/mol. The van der Waals surface area contributed by atoms with E-state index in [4.69, 9.17) is 5.11 Å². The van der Waals surface area contributed by atoms with Gasteiger partial charge in [-0.2, -0.15) is 0 Å². The molecule has 0 aromatic heterocycles. The molecule has 1 aromatic carbocycles. The summed E-state index contributed by atoms with van der Waals surface area (Å²) in [5, 5.41) is 12.5. The Morgan fingerprint density at radius 2 is 2.20 bits per heavy atom. The van der Waals surface area contributed by atoms with E-state index in [1.807, 2.05) is 0 Å². The quantitative estimate of drug-likeness (QED) is 0.838. The van der Waals surface area contributed by atoms with Gasteiger partial charge in [-0.1, -0.05) is 26.0 Å². The molecule has 1 heterocycles. The Morgan fingerprint density at radius 1 is 1.40 bits per heavy atom. The van der Waals surface area contributed by atoms with Crippen LogP contribution in [-0.2, 0) is 6.54 Å². The van der Waals surface area contributed by atoms with Crippen LogP contribution in [0.4, 0.5) is 5.69 Å². The molecule has 1 aliphatic heterocycles. The number of hydrogen-bond donors (Lipinski definition) is 2. The lowest BCUT2D eigenvalue weighted by atomic mass is 10.1. The molecule has 3 heteroatoms. The van der Waals surface area contributed by atoms with Crippen LogP contribution in [0.25, 0.3) is 0 Å². The highest BCUT2D eigenvalue weighted by Gasteiger charge is 2.23. The summed E-state index contributed by atoms with van der Waals surface area (Å²) in [6, 6.07) is 7.31. The van der Waals surface area contributed by atoms with Crippen LogP contribution in [0.3, 0.4) is 0 Å². The maximum absolute atomic E-state index is 9.05. The predicted molar refractivity (Wildman–Crippen MR) is 85.2 cm³/mol. The number of aliphatic hydroxyl groups is 1. The molecule has 1 unspecified atom stereocenters. The van der Waals surface area contributed by atoms with Crippen molar-refractivity contribution in [3.63, 3.8) is 0 Å². The number of anilines is 1. The zero-order chi connectivity index (χ0) is 14.5. The van der Waals surface area contributed by atoms with Gasteiger partial charge < -0.3 is 15.3 Å². The summed E-state index contributed by atoms with van der Waals surface area (Å²) in [5.74, 6) is 0.654. The van der Waals surface area contributed by atoms with Gasteiger partial charge in [0.25, 0.3) is 0 Å². The number of aryl methyl sites for hydroxylation is 1. The summed E-state index contributed by atoms with van der Waals surface area (Å²) in [6.45, 7) is 10.0. The third-order valence-electron chi connectivity index (χ3n) is 4.14. The molecular formula is C17H28N2O. The highest BCUT2D eigenvalue weighted by atomic mass is 16.3. The molecule has 112 valence electrons. The third-order valence-corrected chi connectivity index (χ3v) is 4.14. The summed E-state index contributed by atoms with van der Waals surface area (Å²) in [5.41, 5.74) is 4.07. The fraction of sp³-hybridized carbons (Fsp3) is 0.647. The molecule has 1 fully saturated rings. The van der Waals surface area contributed by atoms with Crippen molar-refractivity contribution in [3.05, 3.63) is 29.3 Å². The average Bonchev–Trinajstić information content (AvgIpc) is 2.85. The molecule has 1 saturated heterocycles. The third kappa shape index (κ3) is 3.97. The van der Waals surface area contributed by atoms with Crippen LogP contribution >= 0.6 is 0 Å². The number of nitrogens with zero attached hydrogens (tertiary/aromatic N) is 1. The first-order valence-corrected chi connectivity index (χ1v) is 7.79. The first kappa shape index (κ1) is 15.3. The summed E-state index contributed by atoms with van der Waals surface area (Å²) in [6.07, 6.45) is 2.14. The minimum absolute atomic E-state index is 0.317. The van der Waals surface area contributed by atoms with Crippen molar-refractivity contribution in [3.8, 4) is 0 Å². The topological polar surface area (TPSA) is 35.5 Å². The van der Waals surface area contributed by atoms with Gasteiger partial charge >= 0.3 is 0 Å². The molecule has 2 rings (SSSR count). The van der Waals surface area contributed by atoms with Gasteiger partial charge in [0.2, 0.25) is 0 Å². The normalized spacial score (nSPS) is 19.1. The molecule has 2 N–H and O–H groups in total. The predicted octanol–water partition coefficient (Wildman–Crippen LogP) is 2.70. The van der Waals surface area contributed by atoms with Crippen molar-refractivity contribution in [2.45, 2.75) is 46.2 Å². The second-order valence-electron chi connectivity index (χ2n) is 6.27. The SMILES string of the molecule is Cc1cc(CNC(C)C)ccc1N1CCC(CCO)C1. The van der Waals surface area contributed by atoms with Gasteiger partial charge in [0.15, 0.2) is 0 Å². The Kier molecular flexibility index (Phi) is 5.44. The molecule has 0 radical (unpaired) electrons. The van der Waals surface area contributed by atoms with Crippen molar-refractivity contribution >= 4 is 5.69 Å². The minimum atomic E-state index is 0.317. The minimum Gasteiger partial charge on any atom is -0.396 e. The molecule has 3 nitrogen and oxygen atoms in total. The monoisotopic (exact) mass is 276 g/mol. The maximum atomic E-state index is 9.05. The molecule has 1 aromatic rings. The molecule has 0 amide bonds. The van der Waals surface area contributed by atoms with Crippen molar-refractivity contribution < 1.29 is 5.11 Å². The fourth-order valence-corrected chi connectivity index (χ4v) is 2.97. The summed E-state index contributed by atoms with van der Waals surface area (Å²) in [7, 11) is 0. The van der Waals surface area contributed by atoms with Crippen LogP contribution in [0.15, 0.2) is 18.2 Å². The van der Waals surface area contributed by atoms with E-state index >= 15 is 0 Å². The van der Waals surface area contributed by atoms with Crippen molar-refractivity contribution in [1.29, 1.82) is 0 Å². The number of nitrogens with one attached hydrogen (secondary N) is 1. The lowest BCUT2D eigenvalue weighted by Crippen LogP contribution is -2.23. The summed E-state index contributed by atoms with van der Waals surface area (Å²) in [4.78, 5) is 2.47. The molecule has 1 atom stereocenters. The van der Waals surface area contributed by atoms with E-state index < -0.39 is 0 Å². The Balaban J connectivity index is 1.99. The summed E-state index contributed by atoms with van der Waals surface area (Å²) < 4.78 is 0. The smallest absolute Gasteiger partial charge is 0.0434 e. The highest BCUT2D eigenvalue weighted by molar-refractivity contribution is 5.55. The molecule has 20 heavy (non-hydrogen) atoms. The molecule has 0 saturated carbocycles. The van der Waals surface area contributed by atoms with Crippen molar-refractivity contribution in [1.82, 2.24) is 5.32 Å². The number of benzene rings is 1. The van der Waals surface area contributed by atoms with E-state index in [-0.39, 0.29) is 0 Å². The van der Waals surface area contributed by atoms with Crippen LogP contribution < -0.4 is 10.2 Å². The second kappa shape index (κ2) is 7.09. The largest absolute Gasteiger partial charge is 0.396 e. The van der Waals surface area contributed by atoms with Gasteiger partial charge in [-0.25, -0.2) is 0 Å². The first-order chi connectivity index (χ1) is 9.60. The zero-order valence-electron chi connectivity index (χ0n) is 13.0.